The number of para-hydroxylation sites is 1. The first-order valence-electron chi connectivity index (χ1n) is 8.21. The number of ether oxygens (including phenoxy) is 1. The van der Waals surface area contributed by atoms with Gasteiger partial charge in [0.1, 0.15) is 12.4 Å². The van der Waals surface area contributed by atoms with Crippen LogP contribution in [0.15, 0.2) is 24.3 Å². The zero-order chi connectivity index (χ0) is 16.2. The van der Waals surface area contributed by atoms with Gasteiger partial charge in [0.25, 0.3) is 0 Å². The number of benzene rings is 1. The molecule has 6 nitrogen and oxygen atoms in total. The van der Waals surface area contributed by atoms with Crippen LogP contribution in [0.2, 0.25) is 0 Å². The van der Waals surface area contributed by atoms with Crippen molar-refractivity contribution in [3.05, 3.63) is 29.8 Å². The molecule has 1 saturated heterocycles. The van der Waals surface area contributed by atoms with Gasteiger partial charge in [0.15, 0.2) is 0 Å². The minimum absolute atomic E-state index is 0.0467. The third-order valence-corrected chi connectivity index (χ3v) is 4.43. The molecule has 0 spiro atoms. The minimum atomic E-state index is -0.124. The van der Waals surface area contributed by atoms with E-state index in [0.717, 1.165) is 17.7 Å². The van der Waals surface area contributed by atoms with Crippen LogP contribution in [0, 0.1) is 5.92 Å². The summed E-state index contributed by atoms with van der Waals surface area (Å²) in [5, 5.41) is 2.80. The lowest BCUT2D eigenvalue weighted by atomic mass is 9.95. The Balaban J connectivity index is 1.55. The molecule has 1 atom stereocenters. The number of urea groups is 1. The molecule has 0 radical (unpaired) electrons. The maximum absolute atomic E-state index is 12.7. The molecule has 1 N–H and O–H groups in total. The molecule has 2 heterocycles. The summed E-state index contributed by atoms with van der Waals surface area (Å²) in [5.41, 5.74) is 1.10. The molecule has 1 unspecified atom stereocenters. The molecule has 0 saturated carbocycles. The summed E-state index contributed by atoms with van der Waals surface area (Å²) in [5.74, 6) is 0.897. The van der Waals surface area contributed by atoms with Crippen LogP contribution in [0.5, 0.6) is 5.75 Å². The van der Waals surface area contributed by atoms with Gasteiger partial charge in [0, 0.05) is 32.7 Å². The second-order valence-corrected chi connectivity index (χ2v) is 5.97. The molecule has 124 valence electrons. The highest BCUT2D eigenvalue weighted by Crippen LogP contribution is 2.27. The number of carbonyl (C=O) groups is 2. The molecule has 3 amide bonds. The Labute approximate surface area is 136 Å². The fraction of sp³-hybridized carbons (Fsp3) is 0.529. The standard InChI is InChI=1S/C17H23N3O3/c1-2-18-17(22)20-9-7-19(8-10-20)16(21)14-11-13-5-3-4-6-15(13)23-12-14/h3-6,14H,2,7-12H2,1H3,(H,18,22). The molecule has 0 aliphatic carbocycles. The largest absolute Gasteiger partial charge is 0.492 e. The fourth-order valence-corrected chi connectivity index (χ4v) is 3.14. The van der Waals surface area contributed by atoms with Gasteiger partial charge in [-0.1, -0.05) is 18.2 Å². The van der Waals surface area contributed by atoms with Crippen molar-refractivity contribution < 1.29 is 14.3 Å². The summed E-state index contributed by atoms with van der Waals surface area (Å²) in [6.07, 6.45) is 0.728. The zero-order valence-corrected chi connectivity index (χ0v) is 13.5. The smallest absolute Gasteiger partial charge is 0.317 e. The third kappa shape index (κ3) is 3.41. The fourth-order valence-electron chi connectivity index (χ4n) is 3.14. The number of nitrogens with zero attached hydrogens (tertiary/aromatic N) is 2. The van der Waals surface area contributed by atoms with Gasteiger partial charge in [-0.2, -0.15) is 0 Å². The number of hydrogen-bond donors (Lipinski definition) is 1. The van der Waals surface area contributed by atoms with Gasteiger partial charge in [-0.25, -0.2) is 4.79 Å². The van der Waals surface area contributed by atoms with Crippen LogP contribution in [-0.2, 0) is 11.2 Å². The van der Waals surface area contributed by atoms with Gasteiger partial charge in [-0.05, 0) is 25.0 Å². The number of hydrogen-bond acceptors (Lipinski definition) is 3. The summed E-state index contributed by atoms with van der Waals surface area (Å²) in [6.45, 7) is 5.31. The summed E-state index contributed by atoms with van der Waals surface area (Å²) < 4.78 is 5.72. The normalized spacial score (nSPS) is 20.5. The first-order valence-corrected chi connectivity index (χ1v) is 8.21. The summed E-state index contributed by atoms with van der Waals surface area (Å²) in [4.78, 5) is 28.1. The highest BCUT2D eigenvalue weighted by atomic mass is 16.5. The van der Waals surface area contributed by atoms with Crippen LogP contribution in [0.4, 0.5) is 4.79 Å². The van der Waals surface area contributed by atoms with Crippen molar-refractivity contribution in [1.82, 2.24) is 15.1 Å². The molecule has 0 bridgehead atoms. The van der Waals surface area contributed by atoms with E-state index in [0.29, 0.717) is 39.3 Å². The van der Waals surface area contributed by atoms with Crippen molar-refractivity contribution in [3.8, 4) is 5.75 Å². The van der Waals surface area contributed by atoms with Crippen LogP contribution < -0.4 is 10.1 Å². The number of rotatable bonds is 2. The molecule has 0 aromatic heterocycles. The Morgan fingerprint density at radius 1 is 1.17 bits per heavy atom. The van der Waals surface area contributed by atoms with Crippen molar-refractivity contribution in [3.63, 3.8) is 0 Å². The highest BCUT2D eigenvalue weighted by molar-refractivity contribution is 5.80. The lowest BCUT2D eigenvalue weighted by Crippen LogP contribution is -2.54. The maximum atomic E-state index is 12.7. The molecule has 1 aromatic carbocycles. The predicted octanol–water partition coefficient (Wildman–Crippen LogP) is 1.11. The summed E-state index contributed by atoms with van der Waals surface area (Å²) in [7, 11) is 0. The van der Waals surface area contributed by atoms with Crippen LogP contribution in [0.3, 0.4) is 0 Å². The summed E-state index contributed by atoms with van der Waals surface area (Å²) >= 11 is 0. The molecule has 1 aromatic rings. The average molecular weight is 317 g/mol. The van der Waals surface area contributed by atoms with Crippen LogP contribution >= 0.6 is 0 Å². The lowest BCUT2D eigenvalue weighted by Gasteiger charge is -2.37. The van der Waals surface area contributed by atoms with Crippen LogP contribution in [-0.4, -0.2) is 61.1 Å². The second kappa shape index (κ2) is 6.89. The molecular weight excluding hydrogens is 294 g/mol. The Morgan fingerprint density at radius 3 is 2.61 bits per heavy atom. The SMILES string of the molecule is CCNC(=O)N1CCN(C(=O)C2COc3ccccc3C2)CC1. The topological polar surface area (TPSA) is 61.9 Å². The number of fused-ring (bicyclic) bond motifs is 1. The number of amides is 3. The van der Waals surface area contributed by atoms with E-state index in [4.69, 9.17) is 4.74 Å². The third-order valence-electron chi connectivity index (χ3n) is 4.43. The average Bonchev–Trinajstić information content (AvgIpc) is 2.61. The molecular formula is C17H23N3O3. The maximum Gasteiger partial charge on any atom is 0.317 e. The van der Waals surface area contributed by atoms with E-state index in [1.54, 1.807) is 4.90 Å². The van der Waals surface area contributed by atoms with E-state index < -0.39 is 0 Å². The van der Waals surface area contributed by atoms with Crippen LogP contribution in [0.1, 0.15) is 12.5 Å². The Kier molecular flexibility index (Phi) is 4.69. The van der Waals surface area contributed by atoms with E-state index in [1.807, 2.05) is 36.1 Å². The van der Waals surface area contributed by atoms with Gasteiger partial charge in [-0.15, -0.1) is 0 Å². The minimum Gasteiger partial charge on any atom is -0.492 e. The first kappa shape index (κ1) is 15.6. The molecule has 2 aliphatic heterocycles. The van der Waals surface area contributed by atoms with Crippen molar-refractivity contribution in [2.45, 2.75) is 13.3 Å². The molecule has 3 rings (SSSR count). The first-order chi connectivity index (χ1) is 11.2. The zero-order valence-electron chi connectivity index (χ0n) is 13.5. The van der Waals surface area contributed by atoms with Crippen molar-refractivity contribution >= 4 is 11.9 Å². The second-order valence-electron chi connectivity index (χ2n) is 5.97. The Morgan fingerprint density at radius 2 is 1.87 bits per heavy atom. The molecule has 23 heavy (non-hydrogen) atoms. The Bertz CT molecular complexity index is 582. The highest BCUT2D eigenvalue weighted by Gasteiger charge is 2.31. The number of piperazine rings is 1. The van der Waals surface area contributed by atoms with E-state index in [2.05, 4.69) is 5.32 Å². The van der Waals surface area contributed by atoms with Crippen molar-refractivity contribution in [1.29, 1.82) is 0 Å². The van der Waals surface area contributed by atoms with E-state index in [9.17, 15) is 9.59 Å². The van der Waals surface area contributed by atoms with Gasteiger partial charge in [0.2, 0.25) is 5.91 Å². The summed E-state index contributed by atoms with van der Waals surface area (Å²) in [6, 6.07) is 7.83. The van der Waals surface area contributed by atoms with E-state index >= 15 is 0 Å². The van der Waals surface area contributed by atoms with Crippen molar-refractivity contribution in [2.24, 2.45) is 5.92 Å². The van der Waals surface area contributed by atoms with Gasteiger partial charge in [0.05, 0.1) is 5.92 Å². The lowest BCUT2D eigenvalue weighted by molar-refractivity contribution is -0.138. The van der Waals surface area contributed by atoms with Crippen molar-refractivity contribution in [2.75, 3.05) is 39.3 Å². The molecule has 1 fully saturated rings. The van der Waals surface area contributed by atoms with E-state index in [1.165, 1.54) is 0 Å². The van der Waals surface area contributed by atoms with E-state index in [-0.39, 0.29) is 17.9 Å². The van der Waals surface area contributed by atoms with Gasteiger partial charge >= 0.3 is 6.03 Å². The quantitative estimate of drug-likeness (QED) is 0.889. The Hall–Kier alpha value is -2.24. The van der Waals surface area contributed by atoms with Crippen LogP contribution in [0.25, 0.3) is 0 Å². The van der Waals surface area contributed by atoms with Gasteiger partial charge < -0.3 is 19.9 Å². The predicted molar refractivity (Wildman–Crippen MR) is 86.4 cm³/mol. The number of carbonyl (C=O) groups excluding carboxylic acids is 2. The monoisotopic (exact) mass is 317 g/mol. The molecule has 2 aliphatic rings. The molecule has 6 heteroatoms. The van der Waals surface area contributed by atoms with Gasteiger partial charge in [-0.3, -0.25) is 4.79 Å². The number of nitrogens with one attached hydrogen (secondary N) is 1.